The highest BCUT2D eigenvalue weighted by Gasteiger charge is 2.40. The van der Waals surface area contributed by atoms with Crippen LogP contribution in [-0.4, -0.2) is 56.5 Å². The topological polar surface area (TPSA) is 102 Å². The number of nitrogens with two attached hydrogens (primary N) is 1. The van der Waals surface area contributed by atoms with E-state index in [9.17, 15) is 14.1 Å². The van der Waals surface area contributed by atoms with Gasteiger partial charge < -0.3 is 19.5 Å². The number of carbonyl (C=O) groups is 1. The summed E-state index contributed by atoms with van der Waals surface area (Å²) in [5.41, 5.74) is 0.668. The van der Waals surface area contributed by atoms with Gasteiger partial charge in [-0.25, -0.2) is 4.21 Å². The number of carbonyl (C=O) groups excluding carboxylic acids is 1. The number of phenolic OH excluding ortho intramolecular Hbond substituents is 1. The molecule has 33 heavy (non-hydrogen) atoms. The highest BCUT2D eigenvalue weighted by Crippen LogP contribution is 2.44. The molecule has 2 aliphatic rings. The molecule has 2 heterocycles. The van der Waals surface area contributed by atoms with Crippen molar-refractivity contribution in [2.75, 3.05) is 19.7 Å². The molecule has 0 bridgehead atoms. The van der Waals surface area contributed by atoms with Crippen molar-refractivity contribution >= 4 is 40.1 Å². The summed E-state index contributed by atoms with van der Waals surface area (Å²) < 4.78 is 22.9. The van der Waals surface area contributed by atoms with Gasteiger partial charge in [0.25, 0.3) is 5.91 Å². The Morgan fingerprint density at radius 3 is 2.58 bits per heavy atom. The number of likely N-dealkylation sites (tertiary alicyclic amines) is 1. The molecule has 7 nitrogen and oxygen atoms in total. The maximum atomic E-state index is 13.0. The van der Waals surface area contributed by atoms with Crippen LogP contribution in [0.25, 0.3) is 0 Å². The Balaban J connectivity index is 1.82. The summed E-state index contributed by atoms with van der Waals surface area (Å²) in [6.45, 7) is 8.76. The molecular formula is C23H34Cl2N2O5S. The van der Waals surface area contributed by atoms with Crippen LogP contribution >= 0.6 is 23.2 Å². The van der Waals surface area contributed by atoms with Crippen molar-refractivity contribution in [3.8, 4) is 5.75 Å². The van der Waals surface area contributed by atoms with Crippen molar-refractivity contribution in [2.24, 2.45) is 11.1 Å². The molecule has 4 atom stereocenters. The molecule has 3 rings (SSSR count). The van der Waals surface area contributed by atoms with Gasteiger partial charge in [-0.2, -0.15) is 0 Å². The van der Waals surface area contributed by atoms with Crippen LogP contribution < -0.4 is 5.14 Å². The fourth-order valence-corrected chi connectivity index (χ4v) is 5.42. The van der Waals surface area contributed by atoms with E-state index in [1.54, 1.807) is 19.9 Å². The predicted molar refractivity (Wildman–Crippen MR) is 131 cm³/mol. The van der Waals surface area contributed by atoms with Crippen molar-refractivity contribution in [3.63, 3.8) is 0 Å². The maximum absolute atomic E-state index is 13.0. The molecule has 2 unspecified atom stereocenters. The lowest BCUT2D eigenvalue weighted by Crippen LogP contribution is -2.41. The molecule has 0 spiro atoms. The zero-order valence-corrected chi connectivity index (χ0v) is 21.9. The Morgan fingerprint density at radius 2 is 1.97 bits per heavy atom. The van der Waals surface area contributed by atoms with Gasteiger partial charge in [0, 0.05) is 19.2 Å². The highest BCUT2D eigenvalue weighted by atomic mass is 35.5. The third-order valence-corrected chi connectivity index (χ3v) is 8.64. The molecule has 1 aromatic rings. The molecule has 1 amide bonds. The van der Waals surface area contributed by atoms with Crippen LogP contribution in [0, 0.1) is 5.92 Å². The van der Waals surface area contributed by atoms with Gasteiger partial charge in [0.05, 0.1) is 32.4 Å². The van der Waals surface area contributed by atoms with Gasteiger partial charge in [-0.05, 0) is 76.8 Å². The molecule has 0 radical (unpaired) electrons. The standard InChI is InChI=1S/C23H34Cl2N2O5S/c1-22(2,33(26)30)12-16(15-10-17(24)18(25)11-19(15)28)14-6-5-8-27(9-7-14)21(29)20-13-31-23(3,4)32-20/h10-11,14,16,20,28H,5-9,12-13,26H2,1-4H3/t14?,16-,20-,33?/m1/s1. The second kappa shape index (κ2) is 10.4. The molecule has 0 aromatic heterocycles. The van der Waals surface area contributed by atoms with Crippen LogP contribution in [0.4, 0.5) is 0 Å². The third kappa shape index (κ3) is 6.41. The predicted octanol–water partition coefficient (Wildman–Crippen LogP) is 4.35. The van der Waals surface area contributed by atoms with Gasteiger partial charge in [-0.3, -0.25) is 9.93 Å². The van der Waals surface area contributed by atoms with E-state index in [-0.39, 0.29) is 35.1 Å². The Bertz CT molecular complexity index is 911. The normalized spacial score (nSPS) is 25.5. The van der Waals surface area contributed by atoms with E-state index in [0.717, 1.165) is 19.3 Å². The smallest absolute Gasteiger partial charge is 0.254 e. The number of nitrogens with zero attached hydrogens (tertiary/aromatic N) is 1. The van der Waals surface area contributed by atoms with Gasteiger partial charge in [0.2, 0.25) is 0 Å². The first kappa shape index (κ1) is 26.7. The largest absolute Gasteiger partial charge is 0.508 e. The van der Waals surface area contributed by atoms with Crippen molar-refractivity contribution in [1.29, 1.82) is 0 Å². The number of hydrogen-bond acceptors (Lipinski definition) is 5. The van der Waals surface area contributed by atoms with Gasteiger partial charge in [-0.1, -0.05) is 23.2 Å². The zero-order valence-electron chi connectivity index (χ0n) is 19.6. The lowest BCUT2D eigenvalue weighted by molar-refractivity contribution is -0.160. The average molecular weight is 522 g/mol. The second-order valence-corrected chi connectivity index (χ2v) is 12.5. The summed E-state index contributed by atoms with van der Waals surface area (Å²) >= 11 is 12.4. The molecule has 0 aliphatic carbocycles. The summed E-state index contributed by atoms with van der Waals surface area (Å²) in [6.07, 6.45) is 2.27. The van der Waals surface area contributed by atoms with E-state index in [4.69, 9.17) is 37.8 Å². The SMILES string of the molecule is CC1(C)OC[C@H](C(=O)N2CCCC([C@@H](CC(C)(C)S(N)=O)c3cc(Cl)c(Cl)cc3O)CC2)O1. The summed E-state index contributed by atoms with van der Waals surface area (Å²) in [6, 6.07) is 3.14. The van der Waals surface area contributed by atoms with Gasteiger partial charge in [0.1, 0.15) is 5.75 Å². The molecule has 186 valence electrons. The lowest BCUT2D eigenvalue weighted by atomic mass is 9.76. The van der Waals surface area contributed by atoms with Crippen LogP contribution in [0.2, 0.25) is 10.0 Å². The van der Waals surface area contributed by atoms with Crippen LogP contribution in [0.1, 0.15) is 64.9 Å². The van der Waals surface area contributed by atoms with E-state index in [1.807, 2.05) is 18.7 Å². The number of rotatable bonds is 6. The van der Waals surface area contributed by atoms with Crippen LogP contribution in [-0.2, 0) is 25.3 Å². The second-order valence-electron chi connectivity index (χ2n) is 10.0. The summed E-state index contributed by atoms with van der Waals surface area (Å²) in [4.78, 5) is 14.9. The van der Waals surface area contributed by atoms with Crippen LogP contribution in [0.5, 0.6) is 5.75 Å². The molecule has 2 fully saturated rings. The Hall–Kier alpha value is -0.900. The quantitative estimate of drug-likeness (QED) is 0.580. The Labute approximate surface area is 208 Å². The number of amides is 1. The van der Waals surface area contributed by atoms with Crippen molar-refractivity contribution < 1.29 is 23.6 Å². The zero-order chi connectivity index (χ0) is 24.6. The number of halogens is 2. The number of aromatic hydroxyl groups is 1. The maximum Gasteiger partial charge on any atom is 0.254 e. The van der Waals surface area contributed by atoms with E-state index in [0.29, 0.717) is 30.1 Å². The first-order valence-electron chi connectivity index (χ1n) is 11.3. The third-order valence-electron chi connectivity index (χ3n) is 6.66. The van der Waals surface area contributed by atoms with Crippen molar-refractivity contribution in [2.45, 2.75) is 75.9 Å². The lowest BCUT2D eigenvalue weighted by Gasteiger charge is -2.33. The summed E-state index contributed by atoms with van der Waals surface area (Å²) in [5.74, 6) is -0.773. The number of ether oxygens (including phenoxy) is 2. The number of hydrogen-bond donors (Lipinski definition) is 2. The summed E-state index contributed by atoms with van der Waals surface area (Å²) in [7, 11) is -1.55. The van der Waals surface area contributed by atoms with E-state index in [2.05, 4.69) is 0 Å². The molecular weight excluding hydrogens is 487 g/mol. The minimum atomic E-state index is -1.55. The van der Waals surface area contributed by atoms with Gasteiger partial charge in [-0.15, -0.1) is 0 Å². The minimum Gasteiger partial charge on any atom is -0.508 e. The minimum absolute atomic E-state index is 0.0569. The van der Waals surface area contributed by atoms with Crippen LogP contribution in [0.3, 0.4) is 0 Å². The van der Waals surface area contributed by atoms with E-state index < -0.39 is 27.6 Å². The van der Waals surface area contributed by atoms with E-state index >= 15 is 0 Å². The fraction of sp³-hybridized carbons (Fsp3) is 0.696. The highest BCUT2D eigenvalue weighted by molar-refractivity contribution is 7.84. The van der Waals surface area contributed by atoms with Crippen LogP contribution in [0.15, 0.2) is 12.1 Å². The molecule has 1 aromatic carbocycles. The molecule has 2 aliphatic heterocycles. The Morgan fingerprint density at radius 1 is 1.30 bits per heavy atom. The number of phenols is 1. The first-order chi connectivity index (χ1) is 15.3. The van der Waals surface area contributed by atoms with Crippen molar-refractivity contribution in [3.05, 3.63) is 27.7 Å². The Kier molecular flexibility index (Phi) is 8.40. The fourth-order valence-electron chi connectivity index (χ4n) is 4.75. The van der Waals surface area contributed by atoms with E-state index in [1.165, 1.54) is 6.07 Å². The monoisotopic (exact) mass is 520 g/mol. The average Bonchev–Trinajstić information content (AvgIpc) is 2.93. The van der Waals surface area contributed by atoms with Gasteiger partial charge >= 0.3 is 0 Å². The van der Waals surface area contributed by atoms with Gasteiger partial charge in [0.15, 0.2) is 11.9 Å². The molecule has 3 N–H and O–H groups in total. The van der Waals surface area contributed by atoms with Crippen molar-refractivity contribution in [1.82, 2.24) is 4.90 Å². The number of benzene rings is 1. The molecule has 0 saturated carbocycles. The first-order valence-corrected chi connectivity index (χ1v) is 13.2. The summed E-state index contributed by atoms with van der Waals surface area (Å²) in [5, 5.41) is 17.1. The molecule has 10 heteroatoms. The molecule has 2 saturated heterocycles.